The van der Waals surface area contributed by atoms with Crippen molar-refractivity contribution in [2.45, 2.75) is 39.5 Å². The lowest BCUT2D eigenvalue weighted by molar-refractivity contribution is 0.351. The molecule has 0 saturated heterocycles. The average molecular weight is 817 g/mol. The second kappa shape index (κ2) is 14.7. The molecule has 9 aromatic rings. The van der Waals surface area contributed by atoms with Gasteiger partial charge in [0.25, 0.3) is 0 Å². The summed E-state index contributed by atoms with van der Waals surface area (Å²) >= 11 is 0. The smallest absolute Gasteiger partial charge is 0.159 e. The maximum atomic E-state index is 7.23. The van der Waals surface area contributed by atoms with Gasteiger partial charge < -0.3 is 23.4 Å². The van der Waals surface area contributed by atoms with E-state index in [4.69, 9.17) is 13.6 Å². The molecule has 2 aromatic heterocycles. The maximum absolute atomic E-state index is 7.23. The second-order valence-electron chi connectivity index (χ2n) is 16.9. The summed E-state index contributed by atoms with van der Waals surface area (Å²) in [5.41, 5.74) is 16.5. The van der Waals surface area contributed by atoms with Gasteiger partial charge >= 0.3 is 0 Å². The van der Waals surface area contributed by atoms with Crippen molar-refractivity contribution in [2.75, 3.05) is 9.80 Å². The normalized spacial score (nSPS) is 15.9. The van der Waals surface area contributed by atoms with Crippen LogP contribution in [0.2, 0.25) is 0 Å². The lowest BCUT2D eigenvalue weighted by atomic mass is 9.88. The largest absolute Gasteiger partial charge is 0.463 e. The Balaban J connectivity index is 1.14. The summed E-state index contributed by atoms with van der Waals surface area (Å²) in [6, 6.07) is 45.6. The van der Waals surface area contributed by atoms with Gasteiger partial charge in [0.15, 0.2) is 11.3 Å². The lowest BCUT2D eigenvalue weighted by Gasteiger charge is -2.34. The van der Waals surface area contributed by atoms with Crippen LogP contribution in [0.25, 0.3) is 60.7 Å². The first kappa shape index (κ1) is 37.0. The number of ether oxygens (including phenoxy) is 1. The number of allylic oxidation sites excluding steroid dienone is 7. The Labute approximate surface area is 366 Å². The van der Waals surface area contributed by atoms with Crippen molar-refractivity contribution in [1.82, 2.24) is 0 Å². The summed E-state index contributed by atoms with van der Waals surface area (Å²) in [5.74, 6) is 0.837. The van der Waals surface area contributed by atoms with E-state index in [-0.39, 0.29) is 0 Å². The summed E-state index contributed by atoms with van der Waals surface area (Å²) in [6.07, 6.45) is 18.2. The van der Waals surface area contributed by atoms with Crippen LogP contribution in [0.1, 0.15) is 41.5 Å². The number of hydrogen-bond donors (Lipinski definition) is 0. The third-order valence-corrected chi connectivity index (χ3v) is 12.9. The van der Waals surface area contributed by atoms with Crippen LogP contribution in [-0.4, -0.2) is 0 Å². The lowest BCUT2D eigenvalue weighted by Crippen LogP contribution is -2.23. The van der Waals surface area contributed by atoms with Crippen LogP contribution in [0.4, 0.5) is 28.4 Å². The van der Waals surface area contributed by atoms with E-state index in [0.717, 1.165) is 131 Å². The van der Waals surface area contributed by atoms with Gasteiger partial charge in [0.2, 0.25) is 0 Å². The monoisotopic (exact) mass is 816 g/mol. The Morgan fingerprint density at radius 3 is 2.06 bits per heavy atom. The van der Waals surface area contributed by atoms with E-state index in [9.17, 15) is 0 Å². The predicted molar refractivity (Wildman–Crippen MR) is 261 cm³/mol. The number of benzene rings is 7. The van der Waals surface area contributed by atoms with E-state index < -0.39 is 0 Å². The number of aryl methyl sites for hydroxylation is 2. The number of anilines is 5. The zero-order chi connectivity index (χ0) is 42.2. The zero-order valence-corrected chi connectivity index (χ0v) is 35.3. The van der Waals surface area contributed by atoms with Crippen LogP contribution >= 0.6 is 0 Å². The second-order valence-corrected chi connectivity index (χ2v) is 16.9. The fourth-order valence-corrected chi connectivity index (χ4v) is 9.99. The molecule has 5 heteroatoms. The van der Waals surface area contributed by atoms with Crippen LogP contribution < -0.4 is 9.80 Å². The summed E-state index contributed by atoms with van der Waals surface area (Å²) < 4.78 is 20.5. The molecule has 0 bridgehead atoms. The van der Waals surface area contributed by atoms with Gasteiger partial charge in [-0.25, -0.2) is 0 Å². The molecule has 0 radical (unpaired) electrons. The summed E-state index contributed by atoms with van der Waals surface area (Å²) in [4.78, 5) is 4.77. The minimum Gasteiger partial charge on any atom is -0.463 e. The highest BCUT2D eigenvalue weighted by molar-refractivity contribution is 6.25. The SMILES string of the molecule is C=C1/C=C\C=C/OC2=C(N(c3ccc(C)cc3)c3cc4oc5cc(N(c6ccc(C)cc6)c6cccc7c6oc6ccccc67)c6ccccc6c5c4c4c3CCC=C4)CCC=C12. The fraction of sp³-hybridized carbons (Fsp3) is 0.103. The van der Waals surface area contributed by atoms with E-state index in [1.165, 1.54) is 22.3 Å². The molecule has 3 aliphatic rings. The predicted octanol–water partition coefficient (Wildman–Crippen LogP) is 16.4. The Morgan fingerprint density at radius 1 is 0.556 bits per heavy atom. The molecular weight excluding hydrogens is 773 g/mol. The average Bonchev–Trinajstić information content (AvgIpc) is 3.89. The standard InChI is InChI=1S/C58H44N2O3/c1-36-25-29-39(30-26-36)59(48-22-12-20-41-38(3)14-10-11-33-61-57(41)48)50-34-53-55(45-18-6-4-15-42(45)50)56-46-19-7-5-16-43(46)51(35-54(56)62-53)60(40-31-27-37(2)28-32-40)49-23-13-21-47-44-17-8-9-24-52(44)63-58(47)49/h5-11,13-14,16-21,23-35H,3-4,12,15,22H2,1-2H3/b14-10-,33-11-. The summed E-state index contributed by atoms with van der Waals surface area (Å²) in [5, 5.41) is 6.69. The minimum atomic E-state index is 0.807. The Hall–Kier alpha value is -7.76. The topological polar surface area (TPSA) is 42.0 Å². The molecule has 2 aliphatic carbocycles. The van der Waals surface area contributed by atoms with Gasteiger partial charge in [-0.2, -0.15) is 0 Å². The molecular formula is C58H44N2O3. The number of hydrogen-bond acceptors (Lipinski definition) is 5. The van der Waals surface area contributed by atoms with Crippen molar-refractivity contribution in [3.05, 3.63) is 215 Å². The number of fused-ring (bicyclic) bond motifs is 11. The Bertz CT molecular complexity index is 3520. The van der Waals surface area contributed by atoms with Crippen molar-refractivity contribution < 1.29 is 13.6 Å². The Morgan fingerprint density at radius 2 is 1.25 bits per heavy atom. The van der Waals surface area contributed by atoms with Crippen molar-refractivity contribution in [2.24, 2.45) is 0 Å². The van der Waals surface area contributed by atoms with Gasteiger partial charge in [-0.05, 0) is 104 Å². The molecule has 0 N–H and O–H groups in total. The molecule has 0 atom stereocenters. The van der Waals surface area contributed by atoms with Gasteiger partial charge in [0.1, 0.15) is 16.7 Å². The van der Waals surface area contributed by atoms with Gasteiger partial charge in [0.05, 0.1) is 29.0 Å². The van der Waals surface area contributed by atoms with Gasteiger partial charge in [-0.15, -0.1) is 0 Å². The van der Waals surface area contributed by atoms with E-state index in [2.05, 4.69) is 170 Å². The van der Waals surface area contributed by atoms with Crippen molar-refractivity contribution in [3.8, 4) is 0 Å². The first-order valence-electron chi connectivity index (χ1n) is 21.9. The highest BCUT2D eigenvalue weighted by Gasteiger charge is 2.31. The van der Waals surface area contributed by atoms with Crippen molar-refractivity contribution in [3.63, 3.8) is 0 Å². The zero-order valence-electron chi connectivity index (χ0n) is 35.3. The van der Waals surface area contributed by atoms with Crippen LogP contribution in [0, 0.1) is 13.8 Å². The summed E-state index contributed by atoms with van der Waals surface area (Å²) in [6.45, 7) is 8.71. The van der Waals surface area contributed by atoms with Gasteiger partial charge in [0, 0.05) is 56.0 Å². The van der Waals surface area contributed by atoms with Crippen LogP contribution in [-0.2, 0) is 11.2 Å². The fourth-order valence-electron chi connectivity index (χ4n) is 9.99. The molecule has 0 fully saturated rings. The van der Waals surface area contributed by atoms with Gasteiger partial charge in [-0.3, -0.25) is 0 Å². The first-order chi connectivity index (χ1) is 31.0. The molecule has 0 spiro atoms. The molecule has 12 rings (SSSR count). The first-order valence-corrected chi connectivity index (χ1v) is 21.9. The van der Waals surface area contributed by atoms with Crippen molar-refractivity contribution in [1.29, 1.82) is 0 Å². The minimum absolute atomic E-state index is 0.807. The molecule has 5 nitrogen and oxygen atoms in total. The summed E-state index contributed by atoms with van der Waals surface area (Å²) in [7, 11) is 0. The van der Waals surface area contributed by atoms with Crippen LogP contribution in [0.3, 0.4) is 0 Å². The number of para-hydroxylation sites is 2. The van der Waals surface area contributed by atoms with E-state index >= 15 is 0 Å². The number of nitrogens with zero attached hydrogens (tertiary/aromatic N) is 2. The molecule has 1 aliphatic heterocycles. The van der Waals surface area contributed by atoms with Gasteiger partial charge in [-0.1, -0.05) is 127 Å². The molecule has 7 aromatic carbocycles. The quantitative estimate of drug-likeness (QED) is 0.167. The highest BCUT2D eigenvalue weighted by atomic mass is 16.5. The highest BCUT2D eigenvalue weighted by Crippen LogP contribution is 2.51. The molecule has 3 heterocycles. The number of furan rings is 2. The van der Waals surface area contributed by atoms with Crippen LogP contribution in [0.5, 0.6) is 0 Å². The molecule has 0 unspecified atom stereocenters. The number of rotatable bonds is 6. The Kier molecular flexibility index (Phi) is 8.65. The third-order valence-electron chi connectivity index (χ3n) is 12.9. The van der Waals surface area contributed by atoms with Crippen molar-refractivity contribution >= 4 is 89.2 Å². The molecule has 304 valence electrons. The third kappa shape index (κ3) is 5.99. The molecule has 0 saturated carbocycles. The van der Waals surface area contributed by atoms with E-state index in [1.54, 1.807) is 6.26 Å². The molecule has 0 amide bonds. The van der Waals surface area contributed by atoms with E-state index in [0.29, 0.717) is 0 Å². The molecule has 63 heavy (non-hydrogen) atoms. The maximum Gasteiger partial charge on any atom is 0.159 e. The van der Waals surface area contributed by atoms with Crippen LogP contribution in [0.15, 0.2) is 202 Å². The van der Waals surface area contributed by atoms with E-state index in [1.807, 2.05) is 24.3 Å².